The van der Waals surface area contributed by atoms with Crippen LogP contribution in [-0.4, -0.2) is 37.0 Å². The molecule has 0 aromatic carbocycles. The summed E-state index contributed by atoms with van der Waals surface area (Å²) in [7, 11) is 1.29. The highest BCUT2D eigenvalue weighted by molar-refractivity contribution is 5.86. The maximum atomic E-state index is 12.4. The van der Waals surface area contributed by atoms with Gasteiger partial charge >= 0.3 is 5.97 Å². The number of carbonyl (C=O) groups is 2. The van der Waals surface area contributed by atoms with Crippen molar-refractivity contribution in [1.82, 2.24) is 10.2 Å². The molecule has 0 aliphatic carbocycles. The Kier molecular flexibility index (Phi) is 6.12. The fourth-order valence-electron chi connectivity index (χ4n) is 3.27. The van der Waals surface area contributed by atoms with Crippen LogP contribution in [-0.2, 0) is 16.1 Å². The van der Waals surface area contributed by atoms with E-state index in [1.807, 2.05) is 12.1 Å². The molecule has 1 aliphatic rings. The first-order valence-electron chi connectivity index (χ1n) is 8.88. The second-order valence-corrected chi connectivity index (χ2v) is 6.39. The summed E-state index contributed by atoms with van der Waals surface area (Å²) in [5.41, 5.74) is 0. The van der Waals surface area contributed by atoms with Crippen LogP contribution in [0.3, 0.4) is 0 Å². The summed E-state index contributed by atoms with van der Waals surface area (Å²) in [5, 5.41) is 2.85. The zero-order valence-electron chi connectivity index (χ0n) is 14.9. The lowest BCUT2D eigenvalue weighted by Gasteiger charge is -2.27. The molecule has 1 N–H and O–H groups in total. The van der Waals surface area contributed by atoms with E-state index in [0.717, 1.165) is 38.0 Å². The third-order valence-electron chi connectivity index (χ3n) is 4.59. The van der Waals surface area contributed by atoms with E-state index in [4.69, 9.17) is 8.83 Å². The van der Waals surface area contributed by atoms with Gasteiger partial charge in [-0.3, -0.25) is 9.69 Å². The quantitative estimate of drug-likeness (QED) is 0.798. The van der Waals surface area contributed by atoms with Gasteiger partial charge in [-0.25, -0.2) is 4.79 Å². The van der Waals surface area contributed by atoms with Crippen LogP contribution >= 0.6 is 0 Å². The molecule has 140 valence electrons. The van der Waals surface area contributed by atoms with Crippen molar-refractivity contribution >= 4 is 11.9 Å². The molecular weight excluding hydrogens is 336 g/mol. The Morgan fingerprint density at radius 1 is 1.27 bits per heavy atom. The number of carbonyl (C=O) groups excluding carboxylic acids is 2. The predicted octanol–water partition coefficient (Wildman–Crippen LogP) is 2.89. The molecule has 1 atom stereocenters. The average Bonchev–Trinajstić information content (AvgIpc) is 3.29. The Bertz CT molecular complexity index is 722. The number of esters is 1. The number of nitrogens with one attached hydrogen (secondary N) is 1. The zero-order valence-corrected chi connectivity index (χ0v) is 14.9. The molecule has 1 fully saturated rings. The Morgan fingerprint density at radius 3 is 2.92 bits per heavy atom. The molecular formula is C19H24N2O5. The highest BCUT2D eigenvalue weighted by Crippen LogP contribution is 2.30. The summed E-state index contributed by atoms with van der Waals surface area (Å²) in [6.45, 7) is 1.40. The largest absolute Gasteiger partial charge is 0.468 e. The monoisotopic (exact) mass is 360 g/mol. The standard InChI is InChI=1S/C19H24N2O5/c1-24-19(23)17-9-8-14(26-17)12-20-18(22)13-21-10-4-2-3-6-15(21)16-7-5-11-25-16/h5,7-9,11,15H,2-4,6,10,12-13H2,1H3,(H,20,22)/t15-/m0/s1. The van der Waals surface area contributed by atoms with Gasteiger partial charge in [-0.05, 0) is 43.7 Å². The molecule has 3 rings (SSSR count). The topological polar surface area (TPSA) is 84.9 Å². The van der Waals surface area contributed by atoms with Gasteiger partial charge in [0.25, 0.3) is 0 Å². The van der Waals surface area contributed by atoms with Crippen LogP contribution in [0.1, 0.15) is 53.8 Å². The van der Waals surface area contributed by atoms with E-state index >= 15 is 0 Å². The number of nitrogens with zero attached hydrogens (tertiary/aromatic N) is 1. The van der Waals surface area contributed by atoms with Crippen LogP contribution < -0.4 is 5.32 Å². The van der Waals surface area contributed by atoms with Crippen molar-refractivity contribution in [2.45, 2.75) is 38.3 Å². The molecule has 2 aromatic heterocycles. The maximum absolute atomic E-state index is 12.4. The number of methoxy groups -OCH3 is 1. The zero-order chi connectivity index (χ0) is 18.4. The molecule has 7 heteroatoms. The van der Waals surface area contributed by atoms with Gasteiger partial charge in [-0.1, -0.05) is 12.8 Å². The van der Waals surface area contributed by atoms with Crippen molar-refractivity contribution in [1.29, 1.82) is 0 Å². The maximum Gasteiger partial charge on any atom is 0.373 e. The van der Waals surface area contributed by atoms with E-state index < -0.39 is 5.97 Å². The van der Waals surface area contributed by atoms with Crippen molar-refractivity contribution in [3.8, 4) is 0 Å². The van der Waals surface area contributed by atoms with Gasteiger partial charge in [-0.15, -0.1) is 0 Å². The second-order valence-electron chi connectivity index (χ2n) is 6.39. The van der Waals surface area contributed by atoms with E-state index in [2.05, 4.69) is 15.0 Å². The van der Waals surface area contributed by atoms with Crippen LogP contribution in [0.4, 0.5) is 0 Å². The lowest BCUT2D eigenvalue weighted by molar-refractivity contribution is -0.123. The minimum atomic E-state index is -0.534. The molecule has 1 saturated heterocycles. The van der Waals surface area contributed by atoms with E-state index in [0.29, 0.717) is 12.3 Å². The van der Waals surface area contributed by atoms with Crippen LogP contribution in [0.5, 0.6) is 0 Å². The van der Waals surface area contributed by atoms with Gasteiger partial charge in [0.2, 0.25) is 11.7 Å². The van der Waals surface area contributed by atoms with Gasteiger partial charge in [-0.2, -0.15) is 0 Å². The van der Waals surface area contributed by atoms with Crippen molar-refractivity contribution in [2.24, 2.45) is 0 Å². The molecule has 3 heterocycles. The number of rotatable bonds is 6. The lowest BCUT2D eigenvalue weighted by atomic mass is 10.1. The van der Waals surface area contributed by atoms with Crippen LogP contribution in [0, 0.1) is 0 Å². The molecule has 1 amide bonds. The van der Waals surface area contributed by atoms with Gasteiger partial charge in [0.05, 0.1) is 32.5 Å². The van der Waals surface area contributed by atoms with Crippen LogP contribution in [0.25, 0.3) is 0 Å². The summed E-state index contributed by atoms with van der Waals surface area (Å²) in [4.78, 5) is 26.0. The minimum absolute atomic E-state index is 0.0838. The number of likely N-dealkylation sites (tertiary alicyclic amines) is 1. The number of furan rings is 2. The summed E-state index contributed by atoms with van der Waals surface area (Å²) in [6.07, 6.45) is 6.03. The van der Waals surface area contributed by atoms with E-state index in [1.165, 1.54) is 13.2 Å². The third-order valence-corrected chi connectivity index (χ3v) is 4.59. The first-order valence-corrected chi connectivity index (χ1v) is 8.88. The Labute approximate surface area is 152 Å². The average molecular weight is 360 g/mol. The fourth-order valence-corrected chi connectivity index (χ4v) is 3.27. The van der Waals surface area contributed by atoms with Crippen molar-refractivity contribution in [3.63, 3.8) is 0 Å². The van der Waals surface area contributed by atoms with Gasteiger partial charge in [0.1, 0.15) is 11.5 Å². The number of ether oxygens (including phenoxy) is 1. The van der Waals surface area contributed by atoms with Crippen molar-refractivity contribution in [2.75, 3.05) is 20.2 Å². The van der Waals surface area contributed by atoms with Gasteiger partial charge in [0.15, 0.2) is 0 Å². The summed E-state index contributed by atoms with van der Waals surface area (Å²) in [6, 6.07) is 7.18. The summed E-state index contributed by atoms with van der Waals surface area (Å²) < 4.78 is 15.5. The predicted molar refractivity (Wildman–Crippen MR) is 93.4 cm³/mol. The SMILES string of the molecule is COC(=O)c1ccc(CNC(=O)CN2CCCCC[C@H]2c2ccco2)o1. The molecule has 0 radical (unpaired) electrons. The highest BCUT2D eigenvalue weighted by atomic mass is 16.5. The molecule has 0 saturated carbocycles. The normalized spacial score (nSPS) is 18.3. The Hall–Kier alpha value is -2.54. The fraction of sp³-hybridized carbons (Fsp3) is 0.474. The number of hydrogen-bond acceptors (Lipinski definition) is 6. The van der Waals surface area contributed by atoms with Crippen molar-refractivity contribution < 1.29 is 23.2 Å². The molecule has 0 unspecified atom stereocenters. The van der Waals surface area contributed by atoms with Gasteiger partial charge in [0, 0.05) is 0 Å². The molecule has 7 nitrogen and oxygen atoms in total. The Balaban J connectivity index is 1.55. The Morgan fingerprint density at radius 2 is 2.15 bits per heavy atom. The summed E-state index contributed by atoms with van der Waals surface area (Å²) in [5.74, 6) is 0.931. The minimum Gasteiger partial charge on any atom is -0.468 e. The van der Waals surface area contributed by atoms with Crippen LogP contribution in [0.2, 0.25) is 0 Å². The van der Waals surface area contributed by atoms with Crippen LogP contribution in [0.15, 0.2) is 39.4 Å². The lowest BCUT2D eigenvalue weighted by Crippen LogP contribution is -2.39. The smallest absolute Gasteiger partial charge is 0.373 e. The van der Waals surface area contributed by atoms with E-state index in [1.54, 1.807) is 12.3 Å². The van der Waals surface area contributed by atoms with Crippen molar-refractivity contribution in [3.05, 3.63) is 47.8 Å². The molecule has 2 aromatic rings. The second kappa shape index (κ2) is 8.71. The molecule has 0 spiro atoms. The highest BCUT2D eigenvalue weighted by Gasteiger charge is 2.26. The first kappa shape index (κ1) is 18.3. The van der Waals surface area contributed by atoms with E-state index in [-0.39, 0.29) is 24.3 Å². The molecule has 0 bridgehead atoms. The number of amides is 1. The molecule has 26 heavy (non-hydrogen) atoms. The van der Waals surface area contributed by atoms with E-state index in [9.17, 15) is 9.59 Å². The number of hydrogen-bond donors (Lipinski definition) is 1. The first-order chi connectivity index (χ1) is 12.7. The molecule has 1 aliphatic heterocycles. The van der Waals surface area contributed by atoms with Gasteiger partial charge < -0.3 is 18.9 Å². The summed E-state index contributed by atoms with van der Waals surface area (Å²) >= 11 is 0. The third kappa shape index (κ3) is 4.54.